The largest absolute Gasteiger partial charge is 0.347 e. The van der Waals surface area contributed by atoms with Gasteiger partial charge in [-0.25, -0.2) is 0 Å². The fourth-order valence-electron chi connectivity index (χ4n) is 2.40. The van der Waals surface area contributed by atoms with Gasteiger partial charge in [0.1, 0.15) is 0 Å². The average Bonchev–Trinajstić information content (AvgIpc) is 2.67. The standard InChI is InChI=1S/C16H22N2/c1-13-10-11-14(2)18(13)12-16(17(3)4)15-8-6-5-7-9-15/h5-11,16H,12H2,1-4H3. The molecule has 0 spiro atoms. The van der Waals surface area contributed by atoms with Crippen LogP contribution in [0.1, 0.15) is 23.0 Å². The Bertz CT molecular complexity index is 478. The van der Waals surface area contributed by atoms with E-state index < -0.39 is 0 Å². The number of benzene rings is 1. The maximum absolute atomic E-state index is 2.39. The number of rotatable bonds is 4. The summed E-state index contributed by atoms with van der Waals surface area (Å²) in [6.07, 6.45) is 0. The second-order valence-corrected chi connectivity index (χ2v) is 5.12. The van der Waals surface area contributed by atoms with Gasteiger partial charge in [0.05, 0.1) is 6.04 Å². The monoisotopic (exact) mass is 242 g/mol. The first-order chi connectivity index (χ1) is 8.59. The van der Waals surface area contributed by atoms with E-state index in [1.807, 2.05) is 0 Å². The average molecular weight is 242 g/mol. The van der Waals surface area contributed by atoms with Crippen molar-refractivity contribution >= 4 is 0 Å². The number of aromatic nitrogens is 1. The summed E-state index contributed by atoms with van der Waals surface area (Å²) in [5.41, 5.74) is 4.03. The molecule has 2 rings (SSSR count). The van der Waals surface area contributed by atoms with Crippen molar-refractivity contribution in [2.24, 2.45) is 0 Å². The van der Waals surface area contributed by atoms with Gasteiger partial charge in [-0.15, -0.1) is 0 Å². The van der Waals surface area contributed by atoms with Crippen molar-refractivity contribution in [2.75, 3.05) is 14.1 Å². The predicted molar refractivity (Wildman–Crippen MR) is 76.8 cm³/mol. The van der Waals surface area contributed by atoms with Gasteiger partial charge in [0.2, 0.25) is 0 Å². The lowest BCUT2D eigenvalue weighted by Gasteiger charge is -2.26. The highest BCUT2D eigenvalue weighted by Crippen LogP contribution is 2.22. The molecule has 0 radical (unpaired) electrons. The lowest BCUT2D eigenvalue weighted by atomic mass is 10.1. The SMILES string of the molecule is Cc1ccc(C)n1CC(c1ccccc1)N(C)C. The fraction of sp³-hybridized carbons (Fsp3) is 0.375. The summed E-state index contributed by atoms with van der Waals surface area (Å²) in [6, 6.07) is 15.5. The molecule has 0 bridgehead atoms. The second-order valence-electron chi connectivity index (χ2n) is 5.12. The van der Waals surface area contributed by atoms with E-state index >= 15 is 0 Å². The summed E-state index contributed by atoms with van der Waals surface area (Å²) in [5.74, 6) is 0. The van der Waals surface area contributed by atoms with Crippen LogP contribution < -0.4 is 0 Å². The minimum absolute atomic E-state index is 0.413. The van der Waals surface area contributed by atoms with Crippen molar-refractivity contribution in [1.29, 1.82) is 0 Å². The first-order valence-corrected chi connectivity index (χ1v) is 6.43. The Morgan fingerprint density at radius 1 is 0.944 bits per heavy atom. The first-order valence-electron chi connectivity index (χ1n) is 6.43. The van der Waals surface area contributed by atoms with Crippen LogP contribution in [-0.4, -0.2) is 23.6 Å². The van der Waals surface area contributed by atoms with Crippen LogP contribution in [0.3, 0.4) is 0 Å². The molecule has 1 aromatic carbocycles. The summed E-state index contributed by atoms with van der Waals surface area (Å²) >= 11 is 0. The first kappa shape index (κ1) is 12.9. The molecule has 0 saturated heterocycles. The molecule has 1 heterocycles. The van der Waals surface area contributed by atoms with Gasteiger partial charge in [-0.3, -0.25) is 0 Å². The van der Waals surface area contributed by atoms with Crippen LogP contribution >= 0.6 is 0 Å². The van der Waals surface area contributed by atoms with E-state index in [-0.39, 0.29) is 0 Å². The lowest BCUT2D eigenvalue weighted by molar-refractivity contribution is 0.266. The highest BCUT2D eigenvalue weighted by Gasteiger charge is 2.15. The third kappa shape index (κ3) is 2.65. The quantitative estimate of drug-likeness (QED) is 0.797. The molecule has 96 valence electrons. The molecule has 0 amide bonds. The van der Waals surface area contributed by atoms with Crippen LogP contribution in [0.5, 0.6) is 0 Å². The number of nitrogens with zero attached hydrogens (tertiary/aromatic N) is 2. The summed E-state index contributed by atoms with van der Waals surface area (Å²) in [5, 5.41) is 0. The van der Waals surface area contributed by atoms with Crippen LogP contribution in [0.25, 0.3) is 0 Å². The zero-order valence-corrected chi connectivity index (χ0v) is 11.7. The van der Waals surface area contributed by atoms with Gasteiger partial charge in [0.15, 0.2) is 0 Å². The van der Waals surface area contributed by atoms with Crippen molar-refractivity contribution in [2.45, 2.75) is 26.4 Å². The lowest BCUT2D eigenvalue weighted by Crippen LogP contribution is -2.25. The zero-order valence-electron chi connectivity index (χ0n) is 11.7. The van der Waals surface area contributed by atoms with Gasteiger partial charge in [-0.1, -0.05) is 30.3 Å². The van der Waals surface area contributed by atoms with E-state index in [9.17, 15) is 0 Å². The van der Waals surface area contributed by atoms with E-state index in [1.165, 1.54) is 17.0 Å². The van der Waals surface area contributed by atoms with Crippen LogP contribution in [0.2, 0.25) is 0 Å². The highest BCUT2D eigenvalue weighted by molar-refractivity contribution is 5.20. The fourth-order valence-corrected chi connectivity index (χ4v) is 2.40. The van der Waals surface area contributed by atoms with Crippen molar-refractivity contribution in [3.8, 4) is 0 Å². The Labute approximate surface area is 110 Å². The molecular formula is C16H22N2. The molecule has 1 atom stereocenters. The van der Waals surface area contributed by atoms with Crippen molar-refractivity contribution < 1.29 is 0 Å². The summed E-state index contributed by atoms with van der Waals surface area (Å²) < 4.78 is 2.39. The third-order valence-corrected chi connectivity index (χ3v) is 3.58. The van der Waals surface area contributed by atoms with E-state index in [0.29, 0.717) is 6.04 Å². The van der Waals surface area contributed by atoms with Crippen LogP contribution in [0.4, 0.5) is 0 Å². The molecule has 0 aliphatic heterocycles. The van der Waals surface area contributed by atoms with Crippen LogP contribution in [0, 0.1) is 13.8 Å². The van der Waals surface area contributed by atoms with Gasteiger partial charge in [-0.05, 0) is 45.6 Å². The topological polar surface area (TPSA) is 8.17 Å². The summed E-state index contributed by atoms with van der Waals surface area (Å²) in [4.78, 5) is 2.29. The second kappa shape index (κ2) is 5.40. The molecule has 0 saturated carbocycles. The molecule has 2 nitrogen and oxygen atoms in total. The molecule has 2 aromatic rings. The maximum Gasteiger partial charge on any atom is 0.0522 e. The number of likely N-dealkylation sites (N-methyl/N-ethyl adjacent to an activating group) is 1. The number of hydrogen-bond acceptors (Lipinski definition) is 1. The van der Waals surface area contributed by atoms with E-state index in [0.717, 1.165) is 6.54 Å². The van der Waals surface area contributed by atoms with Crippen molar-refractivity contribution in [1.82, 2.24) is 9.47 Å². The molecule has 2 heteroatoms. The molecule has 0 N–H and O–H groups in total. The molecular weight excluding hydrogens is 220 g/mol. The predicted octanol–water partition coefficient (Wildman–Crippen LogP) is 3.41. The molecule has 1 aromatic heterocycles. The normalized spacial score (nSPS) is 12.9. The van der Waals surface area contributed by atoms with Crippen molar-refractivity contribution in [3.63, 3.8) is 0 Å². The minimum atomic E-state index is 0.413. The Hall–Kier alpha value is -1.54. The van der Waals surface area contributed by atoms with Crippen LogP contribution in [-0.2, 0) is 6.54 Å². The van der Waals surface area contributed by atoms with Gasteiger partial charge < -0.3 is 9.47 Å². The number of aryl methyl sites for hydroxylation is 2. The van der Waals surface area contributed by atoms with Crippen LogP contribution in [0.15, 0.2) is 42.5 Å². The summed E-state index contributed by atoms with van der Waals surface area (Å²) in [6.45, 7) is 5.34. The summed E-state index contributed by atoms with van der Waals surface area (Å²) in [7, 11) is 4.29. The zero-order chi connectivity index (χ0) is 13.1. The Balaban J connectivity index is 2.28. The van der Waals surface area contributed by atoms with Gasteiger partial charge >= 0.3 is 0 Å². The van der Waals surface area contributed by atoms with Gasteiger partial charge in [-0.2, -0.15) is 0 Å². The van der Waals surface area contributed by atoms with Gasteiger partial charge in [0.25, 0.3) is 0 Å². The Morgan fingerprint density at radius 2 is 1.50 bits per heavy atom. The molecule has 0 fully saturated rings. The maximum atomic E-state index is 2.39. The molecule has 0 aliphatic carbocycles. The van der Waals surface area contributed by atoms with E-state index in [4.69, 9.17) is 0 Å². The highest BCUT2D eigenvalue weighted by atomic mass is 15.1. The number of hydrogen-bond donors (Lipinski definition) is 0. The van der Waals surface area contributed by atoms with E-state index in [1.54, 1.807) is 0 Å². The van der Waals surface area contributed by atoms with Gasteiger partial charge in [0, 0.05) is 17.9 Å². The molecule has 18 heavy (non-hydrogen) atoms. The molecule has 0 aliphatic rings. The molecule has 1 unspecified atom stereocenters. The smallest absolute Gasteiger partial charge is 0.0522 e. The van der Waals surface area contributed by atoms with Crippen molar-refractivity contribution in [3.05, 3.63) is 59.4 Å². The minimum Gasteiger partial charge on any atom is -0.347 e. The Morgan fingerprint density at radius 3 is 2.00 bits per heavy atom. The third-order valence-electron chi connectivity index (χ3n) is 3.58. The Kier molecular flexibility index (Phi) is 3.87. The van der Waals surface area contributed by atoms with E-state index in [2.05, 4.69) is 79.9 Å².